The van der Waals surface area contributed by atoms with E-state index in [0.717, 1.165) is 12.8 Å². The second-order valence-electron chi connectivity index (χ2n) is 6.94. The van der Waals surface area contributed by atoms with Gasteiger partial charge < -0.3 is 14.9 Å². The molecule has 2 amide bonds. The van der Waals surface area contributed by atoms with Crippen LogP contribution in [-0.4, -0.2) is 69.3 Å². The van der Waals surface area contributed by atoms with Gasteiger partial charge in [0.15, 0.2) is 0 Å². The summed E-state index contributed by atoms with van der Waals surface area (Å²) in [5.74, 6) is -0.155. The normalized spacial score (nSPS) is 23.5. The van der Waals surface area contributed by atoms with E-state index in [1.807, 2.05) is 0 Å². The van der Waals surface area contributed by atoms with Gasteiger partial charge in [-0.3, -0.25) is 14.4 Å². The topological polar surface area (TPSA) is 95.7 Å². The van der Waals surface area contributed by atoms with Crippen molar-refractivity contribution in [3.8, 4) is 0 Å². The molecule has 1 unspecified atom stereocenters. The van der Waals surface area contributed by atoms with Gasteiger partial charge in [-0.05, 0) is 32.3 Å². The van der Waals surface area contributed by atoms with E-state index in [2.05, 4.69) is 5.10 Å². The first kappa shape index (κ1) is 17.6. The molecule has 1 atom stereocenters. The summed E-state index contributed by atoms with van der Waals surface area (Å²) in [6, 6.07) is 3.02. The van der Waals surface area contributed by atoms with E-state index in [1.54, 1.807) is 22.8 Å². The largest absolute Gasteiger partial charge is 0.395 e. The molecule has 2 aliphatic heterocycles. The lowest BCUT2D eigenvalue weighted by molar-refractivity contribution is -0.146. The molecule has 136 valence electrons. The van der Waals surface area contributed by atoms with Crippen LogP contribution in [0.25, 0.3) is 0 Å². The van der Waals surface area contributed by atoms with Crippen LogP contribution in [0.1, 0.15) is 25.0 Å². The Kier molecular flexibility index (Phi) is 4.89. The molecular weight excluding hydrogens is 324 g/mol. The van der Waals surface area contributed by atoms with Gasteiger partial charge in [0.2, 0.25) is 11.8 Å². The first-order chi connectivity index (χ1) is 11.9. The highest BCUT2D eigenvalue weighted by molar-refractivity contribution is 5.86. The van der Waals surface area contributed by atoms with Gasteiger partial charge in [0.05, 0.1) is 17.7 Å². The first-order valence-corrected chi connectivity index (χ1v) is 8.68. The summed E-state index contributed by atoms with van der Waals surface area (Å²) in [5, 5.41) is 13.2. The molecule has 1 N–H and O–H groups in total. The molecule has 0 aromatic carbocycles. The monoisotopic (exact) mass is 348 g/mol. The van der Waals surface area contributed by atoms with E-state index in [4.69, 9.17) is 5.11 Å². The SMILES string of the molecule is Cc1ccc(=O)n(CC(=O)N2CCC3(CCCN(CCO)C3=O)C2)n1. The summed E-state index contributed by atoms with van der Waals surface area (Å²) in [6.07, 6.45) is 2.28. The Morgan fingerprint density at radius 2 is 2.08 bits per heavy atom. The van der Waals surface area contributed by atoms with Crippen LogP contribution in [-0.2, 0) is 16.1 Å². The Bertz CT molecular complexity index is 730. The summed E-state index contributed by atoms with van der Waals surface area (Å²) in [6.45, 7) is 3.51. The summed E-state index contributed by atoms with van der Waals surface area (Å²) >= 11 is 0. The van der Waals surface area contributed by atoms with E-state index >= 15 is 0 Å². The van der Waals surface area contributed by atoms with E-state index in [-0.39, 0.29) is 30.5 Å². The highest BCUT2D eigenvalue weighted by Crippen LogP contribution is 2.40. The van der Waals surface area contributed by atoms with Gasteiger partial charge in [-0.1, -0.05) is 0 Å². The second kappa shape index (κ2) is 6.95. The Morgan fingerprint density at radius 1 is 1.28 bits per heavy atom. The van der Waals surface area contributed by atoms with Gasteiger partial charge in [-0.15, -0.1) is 0 Å². The number of piperidine rings is 1. The first-order valence-electron chi connectivity index (χ1n) is 8.68. The number of amides is 2. The lowest BCUT2D eigenvalue weighted by Crippen LogP contribution is -2.51. The van der Waals surface area contributed by atoms with Gasteiger partial charge in [-0.25, -0.2) is 4.68 Å². The van der Waals surface area contributed by atoms with Crippen molar-refractivity contribution in [1.29, 1.82) is 0 Å². The molecule has 1 aromatic rings. The van der Waals surface area contributed by atoms with E-state index in [9.17, 15) is 14.4 Å². The number of likely N-dealkylation sites (tertiary alicyclic amines) is 2. The quantitative estimate of drug-likeness (QED) is 0.783. The van der Waals surface area contributed by atoms with Crippen LogP contribution in [0.5, 0.6) is 0 Å². The van der Waals surface area contributed by atoms with Crippen molar-refractivity contribution in [3.63, 3.8) is 0 Å². The minimum absolute atomic E-state index is 0.0361. The van der Waals surface area contributed by atoms with E-state index < -0.39 is 5.41 Å². The number of carbonyl (C=O) groups is 2. The number of hydrogen-bond donors (Lipinski definition) is 1. The molecular formula is C17H24N4O4. The number of aryl methyl sites for hydroxylation is 1. The fourth-order valence-corrected chi connectivity index (χ4v) is 3.84. The maximum absolute atomic E-state index is 12.8. The lowest BCUT2D eigenvalue weighted by Gasteiger charge is -2.39. The third-order valence-electron chi connectivity index (χ3n) is 5.19. The standard InChI is InChI=1S/C17H24N4O4/c1-13-3-4-14(23)21(18-13)11-15(24)20-8-6-17(12-20)5-2-7-19(9-10-22)16(17)25/h3-4,22H,2,5-12H2,1H3. The Hall–Kier alpha value is -2.22. The number of rotatable bonds is 4. The van der Waals surface area contributed by atoms with Crippen LogP contribution >= 0.6 is 0 Å². The Morgan fingerprint density at radius 3 is 2.84 bits per heavy atom. The van der Waals surface area contributed by atoms with Crippen molar-refractivity contribution in [1.82, 2.24) is 19.6 Å². The van der Waals surface area contributed by atoms with Crippen molar-refractivity contribution in [2.45, 2.75) is 32.7 Å². The average molecular weight is 348 g/mol. The molecule has 3 heterocycles. The molecule has 3 rings (SSSR count). The minimum Gasteiger partial charge on any atom is -0.395 e. The zero-order valence-corrected chi connectivity index (χ0v) is 14.5. The number of aromatic nitrogens is 2. The fourth-order valence-electron chi connectivity index (χ4n) is 3.84. The van der Waals surface area contributed by atoms with Crippen LogP contribution in [0.4, 0.5) is 0 Å². The van der Waals surface area contributed by atoms with Gasteiger partial charge in [0.1, 0.15) is 6.54 Å². The van der Waals surface area contributed by atoms with Gasteiger partial charge in [0, 0.05) is 32.2 Å². The third-order valence-corrected chi connectivity index (χ3v) is 5.19. The number of carbonyl (C=O) groups excluding carboxylic acids is 2. The zero-order chi connectivity index (χ0) is 18.0. The van der Waals surface area contributed by atoms with Crippen LogP contribution in [0, 0.1) is 12.3 Å². The predicted octanol–water partition coefficient (Wildman–Crippen LogP) is -0.615. The molecule has 0 radical (unpaired) electrons. The average Bonchev–Trinajstić information content (AvgIpc) is 3.01. The molecule has 0 saturated carbocycles. The molecule has 2 aliphatic rings. The van der Waals surface area contributed by atoms with Crippen molar-refractivity contribution >= 4 is 11.8 Å². The van der Waals surface area contributed by atoms with Crippen molar-refractivity contribution in [3.05, 3.63) is 28.2 Å². The molecule has 8 nitrogen and oxygen atoms in total. The van der Waals surface area contributed by atoms with Gasteiger partial charge in [-0.2, -0.15) is 5.10 Å². The Labute approximate surface area is 146 Å². The van der Waals surface area contributed by atoms with Crippen molar-refractivity contribution in [2.24, 2.45) is 5.41 Å². The number of nitrogens with zero attached hydrogens (tertiary/aromatic N) is 4. The summed E-state index contributed by atoms with van der Waals surface area (Å²) in [4.78, 5) is 40.5. The Balaban J connectivity index is 1.69. The maximum atomic E-state index is 12.8. The van der Waals surface area contributed by atoms with E-state index in [0.29, 0.717) is 38.3 Å². The summed E-state index contributed by atoms with van der Waals surface area (Å²) in [5.41, 5.74) is -0.170. The second-order valence-corrected chi connectivity index (χ2v) is 6.94. The molecule has 25 heavy (non-hydrogen) atoms. The lowest BCUT2D eigenvalue weighted by atomic mass is 9.78. The maximum Gasteiger partial charge on any atom is 0.267 e. The highest BCUT2D eigenvalue weighted by atomic mass is 16.3. The number of hydrogen-bond acceptors (Lipinski definition) is 5. The zero-order valence-electron chi connectivity index (χ0n) is 14.5. The number of aliphatic hydroxyl groups is 1. The van der Waals surface area contributed by atoms with Crippen LogP contribution in [0.15, 0.2) is 16.9 Å². The smallest absolute Gasteiger partial charge is 0.267 e. The molecule has 0 aliphatic carbocycles. The molecule has 2 saturated heterocycles. The highest BCUT2D eigenvalue weighted by Gasteiger charge is 2.49. The van der Waals surface area contributed by atoms with Gasteiger partial charge in [0.25, 0.3) is 5.56 Å². The molecule has 8 heteroatoms. The number of β-amino-alcohol motifs (C(OH)–C–C–N with tert-alkyl or cyclic N) is 1. The summed E-state index contributed by atoms with van der Waals surface area (Å²) in [7, 11) is 0. The number of aliphatic hydroxyl groups excluding tert-OH is 1. The molecule has 0 bridgehead atoms. The van der Waals surface area contributed by atoms with Gasteiger partial charge >= 0.3 is 0 Å². The molecule has 1 aromatic heterocycles. The van der Waals surface area contributed by atoms with Crippen LogP contribution in [0.2, 0.25) is 0 Å². The minimum atomic E-state index is -0.534. The van der Waals surface area contributed by atoms with Crippen molar-refractivity contribution in [2.75, 3.05) is 32.8 Å². The predicted molar refractivity (Wildman–Crippen MR) is 89.8 cm³/mol. The fraction of sp³-hybridized carbons (Fsp3) is 0.647. The van der Waals surface area contributed by atoms with Crippen molar-refractivity contribution < 1.29 is 14.7 Å². The molecule has 2 fully saturated rings. The third kappa shape index (κ3) is 3.44. The molecule has 1 spiro atoms. The summed E-state index contributed by atoms with van der Waals surface area (Å²) < 4.78 is 1.17. The van der Waals surface area contributed by atoms with Crippen LogP contribution in [0.3, 0.4) is 0 Å². The van der Waals surface area contributed by atoms with Crippen LogP contribution < -0.4 is 5.56 Å². The van der Waals surface area contributed by atoms with E-state index in [1.165, 1.54) is 10.7 Å².